The molecule has 0 bridgehead atoms. The quantitative estimate of drug-likeness (QED) is 0.469. The van der Waals surface area contributed by atoms with Gasteiger partial charge in [0.2, 0.25) is 0 Å². The van der Waals surface area contributed by atoms with Gasteiger partial charge in [-0.3, -0.25) is 0 Å². The zero-order valence-electron chi connectivity index (χ0n) is 8.45. The Bertz CT molecular complexity index is 426. The van der Waals surface area contributed by atoms with E-state index >= 15 is 0 Å². The van der Waals surface area contributed by atoms with Gasteiger partial charge in [-0.15, -0.1) is 6.42 Å². The number of halogens is 2. The van der Waals surface area contributed by atoms with Crippen LogP contribution in [-0.2, 0) is 9.47 Å². The maximum Gasteiger partial charge on any atom is 0.113 e. The van der Waals surface area contributed by atoms with Crippen molar-refractivity contribution in [1.29, 1.82) is 0 Å². The fourth-order valence-electron chi connectivity index (χ4n) is 1.51. The Balaban J connectivity index is 1.93. The van der Waals surface area contributed by atoms with E-state index in [0.29, 0.717) is 23.3 Å². The lowest BCUT2D eigenvalue weighted by atomic mass is 10.1. The van der Waals surface area contributed by atoms with Crippen molar-refractivity contribution < 1.29 is 9.47 Å². The van der Waals surface area contributed by atoms with Crippen LogP contribution in [0.15, 0.2) is 18.2 Å². The van der Waals surface area contributed by atoms with Gasteiger partial charge in [-0.1, -0.05) is 35.2 Å². The fourth-order valence-corrected chi connectivity index (χ4v) is 2.03. The first-order chi connectivity index (χ1) is 7.72. The number of rotatable bonds is 4. The third-order valence-corrected chi connectivity index (χ3v) is 2.88. The van der Waals surface area contributed by atoms with Crippen molar-refractivity contribution in [3.05, 3.63) is 33.8 Å². The van der Waals surface area contributed by atoms with Gasteiger partial charge in [-0.2, -0.15) is 0 Å². The second-order valence-electron chi connectivity index (χ2n) is 3.48. The Labute approximate surface area is 104 Å². The first-order valence-corrected chi connectivity index (χ1v) is 5.59. The molecule has 0 aliphatic carbocycles. The van der Waals surface area contributed by atoms with Gasteiger partial charge in [-0.25, -0.2) is 0 Å². The van der Waals surface area contributed by atoms with Gasteiger partial charge in [0.1, 0.15) is 18.8 Å². The highest BCUT2D eigenvalue weighted by molar-refractivity contribution is 6.35. The first kappa shape index (κ1) is 11.8. The summed E-state index contributed by atoms with van der Waals surface area (Å²) < 4.78 is 10.6. The van der Waals surface area contributed by atoms with Crippen LogP contribution >= 0.6 is 23.2 Å². The topological polar surface area (TPSA) is 21.8 Å². The molecule has 1 aliphatic heterocycles. The van der Waals surface area contributed by atoms with Crippen LogP contribution in [0.2, 0.25) is 10.0 Å². The summed E-state index contributed by atoms with van der Waals surface area (Å²) >= 11 is 11.9. The minimum absolute atomic E-state index is 0.00235. The molecule has 0 aromatic heterocycles. The molecule has 0 saturated carbocycles. The molecule has 1 aromatic rings. The normalized spacial score (nSPS) is 22.8. The fraction of sp³-hybridized carbons (Fsp3) is 0.333. The van der Waals surface area contributed by atoms with Crippen LogP contribution in [0, 0.1) is 12.3 Å². The summed E-state index contributed by atoms with van der Waals surface area (Å²) in [7, 11) is 0. The summed E-state index contributed by atoms with van der Waals surface area (Å²) in [5, 5.41) is 1.24. The molecule has 1 aliphatic rings. The predicted octanol–water partition coefficient (Wildman–Crippen LogP) is 3.08. The Kier molecular flexibility index (Phi) is 3.73. The molecule has 1 fully saturated rings. The second-order valence-corrected chi connectivity index (χ2v) is 4.32. The summed E-state index contributed by atoms with van der Waals surface area (Å²) in [6.07, 6.45) is 5.12. The van der Waals surface area contributed by atoms with E-state index in [1.165, 1.54) is 0 Å². The third-order valence-electron chi connectivity index (χ3n) is 2.32. The monoisotopic (exact) mass is 256 g/mol. The van der Waals surface area contributed by atoms with E-state index in [1.807, 2.05) is 6.07 Å². The lowest BCUT2D eigenvalue weighted by Gasteiger charge is -2.00. The van der Waals surface area contributed by atoms with Crippen LogP contribution in [0.1, 0.15) is 11.7 Å². The molecule has 1 aromatic carbocycles. The van der Waals surface area contributed by atoms with E-state index in [1.54, 1.807) is 12.1 Å². The number of epoxide rings is 1. The van der Waals surface area contributed by atoms with Crippen molar-refractivity contribution in [3.8, 4) is 12.3 Å². The zero-order chi connectivity index (χ0) is 11.5. The number of hydrogen-bond donors (Lipinski definition) is 0. The average molecular weight is 257 g/mol. The van der Waals surface area contributed by atoms with E-state index in [4.69, 9.17) is 39.1 Å². The highest BCUT2D eigenvalue weighted by Crippen LogP contribution is 2.42. The molecule has 1 saturated heterocycles. The van der Waals surface area contributed by atoms with Gasteiger partial charge in [-0.05, 0) is 12.1 Å². The number of hydrogen-bond acceptors (Lipinski definition) is 2. The Hall–Kier alpha value is -0.720. The maximum absolute atomic E-state index is 6.05. The minimum atomic E-state index is 0.00235. The Morgan fingerprint density at radius 2 is 2.25 bits per heavy atom. The molecule has 16 heavy (non-hydrogen) atoms. The number of benzene rings is 1. The Morgan fingerprint density at radius 3 is 2.94 bits per heavy atom. The minimum Gasteiger partial charge on any atom is -0.366 e. The van der Waals surface area contributed by atoms with Gasteiger partial charge < -0.3 is 9.47 Å². The predicted molar refractivity (Wildman–Crippen MR) is 63.7 cm³/mol. The molecule has 2 nitrogen and oxygen atoms in total. The van der Waals surface area contributed by atoms with E-state index in [9.17, 15) is 0 Å². The van der Waals surface area contributed by atoms with E-state index in [2.05, 4.69) is 5.92 Å². The average Bonchev–Trinajstić information content (AvgIpc) is 2.98. The van der Waals surface area contributed by atoms with Crippen molar-refractivity contribution >= 4 is 23.2 Å². The molecular weight excluding hydrogens is 247 g/mol. The van der Waals surface area contributed by atoms with Crippen LogP contribution in [0.4, 0.5) is 0 Å². The molecule has 4 heteroatoms. The van der Waals surface area contributed by atoms with E-state index < -0.39 is 0 Å². The van der Waals surface area contributed by atoms with Crippen LogP contribution in [0.3, 0.4) is 0 Å². The molecule has 84 valence electrons. The van der Waals surface area contributed by atoms with Crippen molar-refractivity contribution in [3.63, 3.8) is 0 Å². The van der Waals surface area contributed by atoms with Crippen molar-refractivity contribution in [1.82, 2.24) is 0 Å². The maximum atomic E-state index is 6.05. The summed E-state index contributed by atoms with van der Waals surface area (Å²) in [6, 6.07) is 5.37. The molecule has 1 heterocycles. The van der Waals surface area contributed by atoms with Crippen LogP contribution < -0.4 is 0 Å². The lowest BCUT2D eigenvalue weighted by Crippen LogP contribution is -2.02. The third kappa shape index (κ3) is 2.69. The van der Waals surface area contributed by atoms with Gasteiger partial charge in [0.05, 0.1) is 6.61 Å². The van der Waals surface area contributed by atoms with Crippen molar-refractivity contribution in [2.24, 2.45) is 0 Å². The molecule has 0 radical (unpaired) electrons. The summed E-state index contributed by atoms with van der Waals surface area (Å²) in [6.45, 7) is 0.800. The van der Waals surface area contributed by atoms with Crippen LogP contribution in [0.25, 0.3) is 0 Å². The highest BCUT2D eigenvalue weighted by atomic mass is 35.5. The summed E-state index contributed by atoms with van der Waals surface area (Å²) in [4.78, 5) is 0. The highest BCUT2D eigenvalue weighted by Gasteiger charge is 2.41. The smallest absolute Gasteiger partial charge is 0.113 e. The van der Waals surface area contributed by atoms with Gasteiger partial charge in [0, 0.05) is 15.6 Å². The van der Waals surface area contributed by atoms with Crippen LogP contribution in [0.5, 0.6) is 0 Å². The molecule has 2 atom stereocenters. The van der Waals surface area contributed by atoms with E-state index in [-0.39, 0.29) is 12.2 Å². The standard InChI is InChI=1S/C12H10Cl2O2/c1-2-5-15-7-11-12(16-11)9-4-3-8(13)6-10(9)14/h1,3-4,6,11-12H,5,7H2/t11-,12-/m0/s1. The molecule has 2 rings (SSSR count). The van der Waals surface area contributed by atoms with Gasteiger partial charge in [0.25, 0.3) is 0 Å². The zero-order valence-corrected chi connectivity index (χ0v) is 9.96. The lowest BCUT2D eigenvalue weighted by molar-refractivity contribution is 0.145. The second kappa shape index (κ2) is 5.07. The molecule has 0 unspecified atom stereocenters. The molecular formula is C12H10Cl2O2. The molecule has 0 spiro atoms. The van der Waals surface area contributed by atoms with Crippen LogP contribution in [-0.4, -0.2) is 19.3 Å². The molecule has 0 amide bonds. The summed E-state index contributed by atoms with van der Waals surface area (Å²) in [5.74, 6) is 2.40. The van der Waals surface area contributed by atoms with Crippen molar-refractivity contribution in [2.45, 2.75) is 12.2 Å². The number of ether oxygens (including phenoxy) is 2. The van der Waals surface area contributed by atoms with Gasteiger partial charge in [0.15, 0.2) is 0 Å². The first-order valence-electron chi connectivity index (χ1n) is 4.84. The van der Waals surface area contributed by atoms with Gasteiger partial charge >= 0.3 is 0 Å². The number of terminal acetylenes is 1. The Morgan fingerprint density at radius 1 is 1.44 bits per heavy atom. The van der Waals surface area contributed by atoms with E-state index in [0.717, 1.165) is 5.56 Å². The van der Waals surface area contributed by atoms with Crippen molar-refractivity contribution in [2.75, 3.05) is 13.2 Å². The largest absolute Gasteiger partial charge is 0.366 e. The molecule has 0 N–H and O–H groups in total. The summed E-state index contributed by atoms with van der Waals surface area (Å²) in [5.41, 5.74) is 0.945. The SMILES string of the molecule is C#CCOC[C@@H]1O[C@H]1c1ccc(Cl)cc1Cl.